The molecule has 0 fully saturated rings. The van der Waals surface area contributed by atoms with Gasteiger partial charge in [-0.15, -0.1) is 0 Å². The number of carboxylic acids is 2. The average molecular weight is 553 g/mol. The molecule has 1 amide bonds. The Morgan fingerprint density at radius 2 is 1.73 bits per heavy atom. The van der Waals surface area contributed by atoms with Gasteiger partial charge in [-0.1, -0.05) is 20.8 Å². The lowest BCUT2D eigenvalue weighted by Crippen LogP contribution is -2.48. The van der Waals surface area contributed by atoms with Crippen molar-refractivity contribution in [1.82, 2.24) is 5.32 Å². The van der Waals surface area contributed by atoms with Gasteiger partial charge in [-0.25, -0.2) is 14.4 Å². The van der Waals surface area contributed by atoms with Gasteiger partial charge >= 0.3 is 24.1 Å². The van der Waals surface area contributed by atoms with E-state index < -0.39 is 48.7 Å². The number of carbonyl (C=O) groups is 4. The highest BCUT2D eigenvalue weighted by atomic mass is 32.2. The number of alkyl halides is 3. The number of cyclic esters (lactones) is 1. The van der Waals surface area contributed by atoms with Crippen LogP contribution in [0.25, 0.3) is 0 Å². The first-order valence-electron chi connectivity index (χ1n) is 10.5. The molecule has 0 saturated carbocycles. The van der Waals surface area contributed by atoms with E-state index >= 15 is 0 Å². The highest BCUT2D eigenvalue weighted by Gasteiger charge is 2.38. The third kappa shape index (κ3) is 9.82. The molecule has 1 aliphatic rings. The Morgan fingerprint density at radius 3 is 2.22 bits per heavy atom. The lowest BCUT2D eigenvalue weighted by Gasteiger charge is -2.22. The Kier molecular flexibility index (Phi) is 10.8. The van der Waals surface area contributed by atoms with Crippen molar-refractivity contribution in [2.75, 3.05) is 12.4 Å². The summed E-state index contributed by atoms with van der Waals surface area (Å²) in [6.45, 7) is 6.70. The van der Waals surface area contributed by atoms with Crippen LogP contribution in [0.2, 0.25) is 0 Å². The Labute approximate surface area is 213 Å². The number of esters is 1. The molecule has 1 aliphatic heterocycles. The molecule has 15 heteroatoms. The van der Waals surface area contributed by atoms with Crippen LogP contribution in [-0.2, 0) is 24.9 Å². The first-order chi connectivity index (χ1) is 16.8. The van der Waals surface area contributed by atoms with Gasteiger partial charge < -0.3 is 30.5 Å². The van der Waals surface area contributed by atoms with Gasteiger partial charge in [-0.2, -0.15) is 24.9 Å². The summed E-state index contributed by atoms with van der Waals surface area (Å²) in [5, 5.41) is 39.2. The number of phenols is 2. The van der Waals surface area contributed by atoms with Crippen LogP contribution in [-0.4, -0.2) is 81.1 Å². The molecule has 2 atom stereocenters. The van der Waals surface area contributed by atoms with Crippen molar-refractivity contribution in [2.24, 2.45) is 10.4 Å². The number of amides is 1. The highest BCUT2D eigenvalue weighted by Crippen LogP contribution is 2.35. The van der Waals surface area contributed by atoms with Crippen LogP contribution >= 0.6 is 11.8 Å². The number of phenolic OH excluding ortho intramolecular Hbond substituents is 2. The van der Waals surface area contributed by atoms with Gasteiger partial charge in [-0.05, 0) is 12.3 Å². The topological polar surface area (TPSA) is 183 Å². The van der Waals surface area contributed by atoms with Crippen molar-refractivity contribution in [2.45, 2.75) is 51.7 Å². The number of benzene rings is 1. The molecule has 1 aromatic carbocycles. The Hall–Kier alpha value is -3.49. The fraction of sp³-hybridized carbons (Fsp3) is 0.500. The molecule has 0 bridgehead atoms. The number of aromatic hydroxyl groups is 2. The van der Waals surface area contributed by atoms with Gasteiger partial charge in [0.05, 0.1) is 5.56 Å². The smallest absolute Gasteiger partial charge is 0.490 e. The number of carboxylic acid groups (broad SMARTS) is 2. The number of thioether (sulfide) groups is 1. The number of nitrogens with zero attached hydrogens (tertiary/aromatic N) is 1. The maximum Gasteiger partial charge on any atom is 0.490 e. The van der Waals surface area contributed by atoms with E-state index in [2.05, 4.69) is 10.3 Å². The Bertz CT molecular complexity index is 1070. The summed E-state index contributed by atoms with van der Waals surface area (Å²) in [5.74, 6) is -5.94. The molecule has 0 aromatic heterocycles. The van der Waals surface area contributed by atoms with E-state index in [0.717, 1.165) is 17.8 Å². The summed E-state index contributed by atoms with van der Waals surface area (Å²) >= 11 is 1.12. The average Bonchev–Trinajstić information content (AvgIpc) is 2.74. The summed E-state index contributed by atoms with van der Waals surface area (Å²) < 4.78 is 37.0. The van der Waals surface area contributed by atoms with E-state index in [1.54, 1.807) is 6.21 Å². The predicted molar refractivity (Wildman–Crippen MR) is 126 cm³/mol. The van der Waals surface area contributed by atoms with Gasteiger partial charge in [-0.3, -0.25) is 9.79 Å². The fourth-order valence-electron chi connectivity index (χ4n) is 2.68. The number of ether oxygens (including phenoxy) is 1. The van der Waals surface area contributed by atoms with Gasteiger partial charge in [0.25, 0.3) is 0 Å². The molecule has 0 aliphatic carbocycles. The molecule has 0 radical (unpaired) electrons. The van der Waals surface area contributed by atoms with Gasteiger partial charge in [0.1, 0.15) is 24.1 Å². The third-order valence-electron chi connectivity index (χ3n) is 4.55. The molecule has 11 nitrogen and oxygen atoms in total. The van der Waals surface area contributed by atoms with Crippen LogP contribution in [0.15, 0.2) is 11.1 Å². The maximum atomic E-state index is 12.7. The van der Waals surface area contributed by atoms with Crippen molar-refractivity contribution >= 4 is 41.8 Å². The van der Waals surface area contributed by atoms with Gasteiger partial charge in [0, 0.05) is 34.9 Å². The van der Waals surface area contributed by atoms with Gasteiger partial charge in [0.15, 0.2) is 6.04 Å². The number of hydrogen-bond donors (Lipinski definition) is 5. The number of aliphatic imine (C=N–C) groups is 1. The maximum absolute atomic E-state index is 12.7. The molecule has 0 unspecified atom stereocenters. The Morgan fingerprint density at radius 1 is 1.16 bits per heavy atom. The molecule has 5 N–H and O–H groups in total. The number of rotatable bonds is 2. The van der Waals surface area contributed by atoms with Crippen molar-refractivity contribution in [3.63, 3.8) is 0 Å². The van der Waals surface area contributed by atoms with Crippen LogP contribution < -0.4 is 5.32 Å². The number of halogens is 3. The second kappa shape index (κ2) is 12.7. The van der Waals surface area contributed by atoms with Crippen molar-refractivity contribution in [3.8, 4) is 11.5 Å². The van der Waals surface area contributed by atoms with Crippen molar-refractivity contribution in [1.29, 1.82) is 0 Å². The number of hydrogen-bond acceptors (Lipinski definition) is 9. The van der Waals surface area contributed by atoms with E-state index in [1.807, 2.05) is 20.8 Å². The van der Waals surface area contributed by atoms with Crippen LogP contribution in [0, 0.1) is 12.3 Å². The highest BCUT2D eigenvalue weighted by molar-refractivity contribution is 7.98. The summed E-state index contributed by atoms with van der Waals surface area (Å²) in [6, 6.07) is -1.20. The predicted octanol–water partition coefficient (Wildman–Crippen LogP) is 2.50. The van der Waals surface area contributed by atoms with Crippen LogP contribution in [0.1, 0.15) is 42.3 Å². The molecule has 1 heterocycles. The summed E-state index contributed by atoms with van der Waals surface area (Å²) in [7, 11) is 0. The summed E-state index contributed by atoms with van der Waals surface area (Å²) in [5.41, 5.74) is 0.0912. The third-order valence-corrected chi connectivity index (χ3v) is 5.61. The summed E-state index contributed by atoms with van der Waals surface area (Å²) in [4.78, 5) is 50.0. The lowest BCUT2D eigenvalue weighted by molar-refractivity contribution is -0.192. The molecule has 206 valence electrons. The molecule has 1 aromatic rings. The molecule has 37 heavy (non-hydrogen) atoms. The van der Waals surface area contributed by atoms with Crippen molar-refractivity contribution < 1.29 is 57.5 Å². The first kappa shape index (κ1) is 31.5. The zero-order valence-electron chi connectivity index (χ0n) is 20.3. The fourth-order valence-corrected chi connectivity index (χ4v) is 3.75. The van der Waals surface area contributed by atoms with Crippen LogP contribution in [0.5, 0.6) is 11.5 Å². The lowest BCUT2D eigenvalue weighted by atomic mass is 9.99. The number of carbonyl (C=O) groups excluding carboxylic acids is 2. The summed E-state index contributed by atoms with van der Waals surface area (Å²) in [6.07, 6.45) is -3.54. The first-order valence-corrected chi connectivity index (χ1v) is 11.7. The number of fused-ring (bicyclic) bond motifs is 1. The number of aliphatic carboxylic acids is 2. The van der Waals surface area contributed by atoms with Crippen molar-refractivity contribution in [3.05, 3.63) is 22.8 Å². The van der Waals surface area contributed by atoms with E-state index in [1.165, 1.54) is 6.92 Å². The Balaban J connectivity index is 0.000000856. The van der Waals surface area contributed by atoms with Gasteiger partial charge in [0.2, 0.25) is 5.91 Å². The minimum atomic E-state index is -5.08. The largest absolute Gasteiger partial charge is 0.508 e. The minimum Gasteiger partial charge on any atom is -0.508 e. The standard InChI is InChI=1S/C20H26N2O7S.C2HF3O2/c1-10-14(23)5-15(24)11-7-30-8-13(18(26)27)22-17(25)12(21-9-20(2,3)4)6-29-19(28)16(10)11;3-2(4,5)1(6)7/h5,9,12-13,23-24H,6-8H2,1-4H3,(H,22,25)(H,26,27);(H,6,7)/b21-9+;/t12-,13-;/m0./s1. The number of nitrogens with one attached hydrogen (secondary N) is 1. The molecule has 0 spiro atoms. The van der Waals surface area contributed by atoms with E-state index in [-0.39, 0.29) is 45.1 Å². The van der Waals surface area contributed by atoms with E-state index in [0.29, 0.717) is 0 Å². The zero-order chi connectivity index (χ0) is 28.7. The SMILES string of the molecule is Cc1c(O)cc(O)c2c1C(=O)OC[C@H](/N=C/C(C)(C)C)C(=O)N[C@H](C(=O)O)CSC2.O=C(O)C(F)(F)F. The quantitative estimate of drug-likeness (QED) is 0.270. The zero-order valence-corrected chi connectivity index (χ0v) is 21.1. The molecular weight excluding hydrogens is 525 g/mol. The second-order valence-corrected chi connectivity index (χ2v) is 9.90. The van der Waals surface area contributed by atoms with E-state index in [9.17, 15) is 42.9 Å². The normalized spacial score (nSPS) is 19.3. The monoisotopic (exact) mass is 552 g/mol. The van der Waals surface area contributed by atoms with Crippen LogP contribution in [0.4, 0.5) is 13.2 Å². The molecule has 0 saturated heterocycles. The second-order valence-electron chi connectivity index (χ2n) is 8.87. The molecule has 2 rings (SSSR count). The van der Waals surface area contributed by atoms with Crippen LogP contribution in [0.3, 0.4) is 0 Å². The molecular formula is C22H27F3N2O9S. The van der Waals surface area contributed by atoms with E-state index in [4.69, 9.17) is 14.6 Å². The minimum absolute atomic E-state index is 0.00459.